The molecule has 0 radical (unpaired) electrons. The first kappa shape index (κ1) is 16.1. The van der Waals surface area contributed by atoms with Crippen molar-refractivity contribution in [2.75, 3.05) is 6.54 Å². The second kappa shape index (κ2) is 6.41. The molecular weight excluding hydrogens is 314 g/mol. The van der Waals surface area contributed by atoms with E-state index < -0.39 is 15.3 Å². The van der Waals surface area contributed by atoms with Crippen molar-refractivity contribution in [2.45, 2.75) is 44.4 Å². The van der Waals surface area contributed by atoms with Crippen molar-refractivity contribution in [3.05, 3.63) is 47.7 Å². The van der Waals surface area contributed by atoms with Gasteiger partial charge in [-0.1, -0.05) is 30.3 Å². The highest BCUT2D eigenvalue weighted by Gasteiger charge is 2.40. The van der Waals surface area contributed by atoms with Gasteiger partial charge in [-0.25, -0.2) is 8.42 Å². The number of benzene rings is 1. The fourth-order valence-corrected chi connectivity index (χ4v) is 4.82. The normalized spacial score (nSPS) is 20.7. The van der Waals surface area contributed by atoms with Crippen molar-refractivity contribution in [3.63, 3.8) is 0 Å². The van der Waals surface area contributed by atoms with Crippen LogP contribution < -0.4 is 0 Å². The van der Waals surface area contributed by atoms with Crippen molar-refractivity contribution in [2.24, 2.45) is 0 Å². The van der Waals surface area contributed by atoms with Gasteiger partial charge in [0.15, 0.2) is 0 Å². The van der Waals surface area contributed by atoms with E-state index in [1.54, 1.807) is 13.8 Å². The molecule has 1 aromatic heterocycles. The minimum atomic E-state index is -3.42. The van der Waals surface area contributed by atoms with Crippen LogP contribution in [0.1, 0.15) is 43.2 Å². The van der Waals surface area contributed by atoms with Crippen LogP contribution in [-0.2, 0) is 16.4 Å². The van der Waals surface area contributed by atoms with Crippen LogP contribution in [0.2, 0.25) is 0 Å². The zero-order valence-corrected chi connectivity index (χ0v) is 14.2. The fourth-order valence-electron chi connectivity index (χ4n) is 3.02. The molecule has 6 nitrogen and oxygen atoms in total. The van der Waals surface area contributed by atoms with Gasteiger partial charge >= 0.3 is 0 Å². The van der Waals surface area contributed by atoms with E-state index in [4.69, 9.17) is 4.42 Å². The molecule has 1 unspecified atom stereocenters. The maximum Gasteiger partial charge on any atom is 0.234 e. The Labute approximate surface area is 136 Å². The van der Waals surface area contributed by atoms with Gasteiger partial charge in [0.1, 0.15) is 6.04 Å². The minimum Gasteiger partial charge on any atom is -0.424 e. The summed E-state index contributed by atoms with van der Waals surface area (Å²) in [6.07, 6.45) is 2.03. The predicted octanol–water partition coefficient (Wildman–Crippen LogP) is 2.48. The molecule has 7 heteroatoms. The number of aromatic nitrogens is 2. The highest BCUT2D eigenvalue weighted by atomic mass is 32.2. The Kier molecular flexibility index (Phi) is 4.50. The van der Waals surface area contributed by atoms with E-state index in [9.17, 15) is 8.42 Å². The lowest BCUT2D eigenvalue weighted by Gasteiger charge is -2.25. The van der Waals surface area contributed by atoms with Crippen molar-refractivity contribution in [1.82, 2.24) is 14.5 Å². The molecule has 0 N–H and O–H groups in total. The third-order valence-corrected chi connectivity index (χ3v) is 6.51. The van der Waals surface area contributed by atoms with E-state index in [2.05, 4.69) is 10.2 Å². The van der Waals surface area contributed by atoms with E-state index >= 15 is 0 Å². The molecule has 3 rings (SSSR count). The minimum absolute atomic E-state index is 0.334. The Morgan fingerprint density at radius 1 is 1.30 bits per heavy atom. The maximum absolute atomic E-state index is 13.0. The topological polar surface area (TPSA) is 76.3 Å². The van der Waals surface area contributed by atoms with Gasteiger partial charge in [0.25, 0.3) is 0 Å². The van der Waals surface area contributed by atoms with Crippen LogP contribution in [0.4, 0.5) is 0 Å². The summed E-state index contributed by atoms with van der Waals surface area (Å²) in [7, 11) is -3.42. The van der Waals surface area contributed by atoms with E-state index in [0.717, 1.165) is 18.4 Å². The second-order valence-electron chi connectivity index (χ2n) is 5.97. The van der Waals surface area contributed by atoms with Gasteiger partial charge in [-0.15, -0.1) is 10.2 Å². The quantitative estimate of drug-likeness (QED) is 0.839. The van der Waals surface area contributed by atoms with Crippen molar-refractivity contribution in [3.8, 4) is 0 Å². The summed E-state index contributed by atoms with van der Waals surface area (Å²) < 4.78 is 32.9. The first-order valence-electron chi connectivity index (χ1n) is 7.83. The number of hydrogen-bond acceptors (Lipinski definition) is 5. The van der Waals surface area contributed by atoms with Gasteiger partial charge < -0.3 is 4.42 Å². The summed E-state index contributed by atoms with van der Waals surface area (Å²) in [5.74, 6) is 0.858. The molecule has 2 heterocycles. The van der Waals surface area contributed by atoms with Crippen LogP contribution in [0.5, 0.6) is 0 Å². The number of hydrogen-bond donors (Lipinski definition) is 0. The lowest BCUT2D eigenvalue weighted by Crippen LogP contribution is -2.38. The fraction of sp³-hybridized carbons (Fsp3) is 0.500. The molecule has 1 saturated heterocycles. The van der Waals surface area contributed by atoms with Crippen LogP contribution in [0, 0.1) is 6.92 Å². The van der Waals surface area contributed by atoms with Gasteiger partial charge in [0, 0.05) is 13.5 Å². The third-order valence-electron chi connectivity index (χ3n) is 4.23. The number of rotatable bonds is 5. The monoisotopic (exact) mass is 335 g/mol. The molecule has 0 aliphatic carbocycles. The Morgan fingerprint density at radius 3 is 2.70 bits per heavy atom. The zero-order chi connectivity index (χ0) is 16.4. The molecule has 0 saturated carbocycles. The molecule has 0 amide bonds. The van der Waals surface area contributed by atoms with Crippen LogP contribution >= 0.6 is 0 Å². The van der Waals surface area contributed by atoms with Crippen molar-refractivity contribution in [1.29, 1.82) is 0 Å². The van der Waals surface area contributed by atoms with Gasteiger partial charge in [0.05, 0.1) is 5.25 Å². The van der Waals surface area contributed by atoms with Gasteiger partial charge in [-0.2, -0.15) is 4.31 Å². The Balaban J connectivity index is 1.80. The highest BCUT2D eigenvalue weighted by Crippen LogP contribution is 2.35. The second-order valence-corrected chi connectivity index (χ2v) is 8.28. The maximum atomic E-state index is 13.0. The third kappa shape index (κ3) is 3.30. The van der Waals surface area contributed by atoms with Crippen LogP contribution in [0.15, 0.2) is 34.7 Å². The molecule has 0 bridgehead atoms. The lowest BCUT2D eigenvalue weighted by molar-refractivity contribution is 0.321. The van der Waals surface area contributed by atoms with Gasteiger partial charge in [0.2, 0.25) is 21.8 Å². The highest BCUT2D eigenvalue weighted by molar-refractivity contribution is 7.89. The van der Waals surface area contributed by atoms with E-state index in [0.29, 0.717) is 24.7 Å². The summed E-state index contributed by atoms with van der Waals surface area (Å²) in [5, 5.41) is 7.34. The number of sulfonamides is 1. The van der Waals surface area contributed by atoms with Crippen LogP contribution in [0.25, 0.3) is 0 Å². The average molecular weight is 335 g/mol. The van der Waals surface area contributed by atoms with E-state index in [1.807, 2.05) is 30.3 Å². The molecule has 1 aliphatic heterocycles. The Bertz CT molecular complexity index is 758. The van der Waals surface area contributed by atoms with E-state index in [1.165, 1.54) is 4.31 Å². The zero-order valence-electron chi connectivity index (χ0n) is 13.3. The summed E-state index contributed by atoms with van der Waals surface area (Å²) in [6, 6.07) is 9.35. The summed E-state index contributed by atoms with van der Waals surface area (Å²) in [6.45, 7) is 3.98. The van der Waals surface area contributed by atoms with Gasteiger partial charge in [-0.05, 0) is 31.7 Å². The SMILES string of the molecule is Cc1nnc([C@H]2CCCN2S(=O)(=O)C(C)Cc2ccccc2)o1. The molecule has 23 heavy (non-hydrogen) atoms. The predicted molar refractivity (Wildman–Crippen MR) is 86.2 cm³/mol. The smallest absolute Gasteiger partial charge is 0.234 e. The standard InChI is InChI=1S/C16H21N3O3S/c1-12(11-14-7-4-3-5-8-14)23(20,21)19-10-6-9-15(19)16-18-17-13(2)22-16/h3-5,7-8,12,15H,6,9-11H2,1-2H3/t12?,15-/m1/s1. The largest absolute Gasteiger partial charge is 0.424 e. The Morgan fingerprint density at radius 2 is 2.04 bits per heavy atom. The van der Waals surface area contributed by atoms with Gasteiger partial charge in [-0.3, -0.25) is 0 Å². The molecule has 1 fully saturated rings. The first-order chi connectivity index (χ1) is 11.0. The van der Waals surface area contributed by atoms with Crippen molar-refractivity contribution >= 4 is 10.0 Å². The number of aryl methyl sites for hydroxylation is 1. The molecule has 1 aliphatic rings. The first-order valence-corrected chi connectivity index (χ1v) is 9.33. The molecule has 0 spiro atoms. The van der Waals surface area contributed by atoms with Crippen molar-refractivity contribution < 1.29 is 12.8 Å². The summed E-state index contributed by atoms with van der Waals surface area (Å²) >= 11 is 0. The number of nitrogens with zero attached hydrogens (tertiary/aromatic N) is 3. The molecule has 124 valence electrons. The van der Waals surface area contributed by atoms with E-state index in [-0.39, 0.29) is 6.04 Å². The summed E-state index contributed by atoms with van der Waals surface area (Å²) in [5.41, 5.74) is 1.02. The molecule has 1 aromatic carbocycles. The molecular formula is C16H21N3O3S. The Hall–Kier alpha value is -1.73. The molecule has 2 aromatic rings. The van der Waals surface area contributed by atoms with Crippen LogP contribution in [0.3, 0.4) is 0 Å². The molecule has 2 atom stereocenters. The summed E-state index contributed by atoms with van der Waals surface area (Å²) in [4.78, 5) is 0. The average Bonchev–Trinajstić information content (AvgIpc) is 3.16. The lowest BCUT2D eigenvalue weighted by atomic mass is 10.1. The van der Waals surface area contributed by atoms with Crippen LogP contribution in [-0.4, -0.2) is 34.7 Å².